The molecule has 9 heteroatoms. The molecule has 3 aromatic rings. The van der Waals surface area contributed by atoms with Gasteiger partial charge in [-0.25, -0.2) is 4.79 Å². The lowest BCUT2D eigenvalue weighted by atomic mass is 10.2. The number of imidazole rings is 1. The van der Waals surface area contributed by atoms with Crippen LogP contribution in [0.5, 0.6) is 0 Å². The molecule has 4 rings (SSSR count). The summed E-state index contributed by atoms with van der Waals surface area (Å²) in [6.07, 6.45) is 1.94. The largest absolute Gasteiger partial charge is 0.456 e. The van der Waals surface area contributed by atoms with E-state index in [1.54, 1.807) is 33.4 Å². The summed E-state index contributed by atoms with van der Waals surface area (Å²) in [5.41, 5.74) is 2.27. The fourth-order valence-electron chi connectivity index (χ4n) is 3.65. The second-order valence-electron chi connectivity index (χ2n) is 7.95. The molecular formula is C24H26N4O5. The van der Waals surface area contributed by atoms with Crippen LogP contribution in [0.1, 0.15) is 36.5 Å². The molecular weight excluding hydrogens is 424 g/mol. The number of esters is 1. The van der Waals surface area contributed by atoms with Crippen LogP contribution < -0.4 is 16.3 Å². The quantitative estimate of drug-likeness (QED) is 0.486. The van der Waals surface area contributed by atoms with E-state index in [4.69, 9.17) is 4.74 Å². The lowest BCUT2D eigenvalue weighted by molar-refractivity contribution is -0.147. The molecule has 0 saturated heterocycles. The minimum Gasteiger partial charge on any atom is -0.456 e. The number of carbonyl (C=O) groups excluding carboxylic acids is 3. The second kappa shape index (κ2) is 9.72. The Hall–Kier alpha value is -3.88. The summed E-state index contributed by atoms with van der Waals surface area (Å²) in [6, 6.07) is 14.2. The van der Waals surface area contributed by atoms with Crippen molar-refractivity contribution in [1.29, 1.82) is 0 Å². The van der Waals surface area contributed by atoms with Crippen LogP contribution in [0.15, 0.2) is 53.3 Å². The van der Waals surface area contributed by atoms with Gasteiger partial charge in [-0.1, -0.05) is 18.2 Å². The smallest absolute Gasteiger partial charge is 0.329 e. The highest BCUT2D eigenvalue weighted by Crippen LogP contribution is 2.20. The van der Waals surface area contributed by atoms with Gasteiger partial charge in [0.25, 0.3) is 11.8 Å². The number of ether oxygens (including phenoxy) is 1. The number of aromatic nitrogens is 2. The van der Waals surface area contributed by atoms with E-state index in [9.17, 15) is 19.2 Å². The highest BCUT2D eigenvalue weighted by Gasteiger charge is 2.23. The third kappa shape index (κ3) is 5.31. The number of nitrogens with one attached hydrogen (secondary N) is 2. The van der Waals surface area contributed by atoms with Crippen molar-refractivity contribution < 1.29 is 19.1 Å². The average molecular weight is 450 g/mol. The number of benzene rings is 2. The van der Waals surface area contributed by atoms with E-state index in [0.29, 0.717) is 17.8 Å². The van der Waals surface area contributed by atoms with Crippen molar-refractivity contribution in [3.63, 3.8) is 0 Å². The van der Waals surface area contributed by atoms with Gasteiger partial charge in [-0.2, -0.15) is 0 Å². The first kappa shape index (κ1) is 22.3. The normalized spacial score (nSPS) is 13.0. The Bertz CT molecular complexity index is 1260. The number of anilines is 1. The van der Waals surface area contributed by atoms with E-state index < -0.39 is 18.5 Å². The Kier molecular flexibility index (Phi) is 6.58. The van der Waals surface area contributed by atoms with Gasteiger partial charge < -0.3 is 15.4 Å². The summed E-state index contributed by atoms with van der Waals surface area (Å²) in [5.74, 6) is -1.27. The van der Waals surface area contributed by atoms with Crippen molar-refractivity contribution in [2.45, 2.75) is 45.3 Å². The molecule has 1 aromatic heterocycles. The van der Waals surface area contributed by atoms with Crippen LogP contribution in [0.3, 0.4) is 0 Å². The molecule has 2 aromatic carbocycles. The number of amides is 2. The van der Waals surface area contributed by atoms with Gasteiger partial charge in [0, 0.05) is 30.4 Å². The first-order valence-corrected chi connectivity index (χ1v) is 11.0. The summed E-state index contributed by atoms with van der Waals surface area (Å²) in [7, 11) is 0. The maximum Gasteiger partial charge on any atom is 0.329 e. The Morgan fingerprint density at radius 1 is 1.03 bits per heavy atom. The molecule has 0 bridgehead atoms. The topological polar surface area (TPSA) is 111 Å². The molecule has 1 saturated carbocycles. The Morgan fingerprint density at radius 2 is 1.76 bits per heavy atom. The predicted molar refractivity (Wildman–Crippen MR) is 123 cm³/mol. The molecule has 2 N–H and O–H groups in total. The van der Waals surface area contributed by atoms with Gasteiger partial charge in [0.05, 0.1) is 17.5 Å². The van der Waals surface area contributed by atoms with Gasteiger partial charge in [0.15, 0.2) is 6.61 Å². The number of nitrogens with zero attached hydrogens (tertiary/aromatic N) is 2. The fraction of sp³-hybridized carbons (Fsp3) is 0.333. The van der Waals surface area contributed by atoms with Crippen LogP contribution in [-0.4, -0.2) is 39.6 Å². The zero-order valence-corrected chi connectivity index (χ0v) is 18.4. The molecule has 2 amide bonds. The average Bonchev–Trinajstić information content (AvgIpc) is 3.58. The Labute approximate surface area is 190 Å². The molecule has 1 aliphatic carbocycles. The third-order valence-electron chi connectivity index (χ3n) is 5.47. The highest BCUT2D eigenvalue weighted by atomic mass is 16.5. The van der Waals surface area contributed by atoms with Gasteiger partial charge in [-0.05, 0) is 50.1 Å². The standard InChI is InChI=1S/C24H26N4O5/c1-2-27-19-8-3-4-9-20(19)28(24(27)32)13-12-22(30)33-15-21(29)25-18-7-5-6-16(14-18)23(31)26-17-10-11-17/h3-9,14,17H,2,10-13,15H2,1H3,(H,25,29)(H,26,31). The molecule has 9 nitrogen and oxygen atoms in total. The molecule has 33 heavy (non-hydrogen) atoms. The van der Waals surface area contributed by atoms with Crippen LogP contribution in [0.25, 0.3) is 11.0 Å². The zero-order chi connectivity index (χ0) is 23.4. The van der Waals surface area contributed by atoms with Crippen molar-refractivity contribution in [3.05, 3.63) is 64.6 Å². The first-order chi connectivity index (χ1) is 16.0. The molecule has 1 heterocycles. The van der Waals surface area contributed by atoms with Crippen LogP contribution in [0, 0.1) is 0 Å². The van der Waals surface area contributed by atoms with Crippen molar-refractivity contribution in [2.75, 3.05) is 11.9 Å². The van der Waals surface area contributed by atoms with Crippen molar-refractivity contribution >= 4 is 34.5 Å². The number of rotatable bonds is 9. The van der Waals surface area contributed by atoms with Gasteiger partial charge in [-0.15, -0.1) is 0 Å². The summed E-state index contributed by atoms with van der Waals surface area (Å²) in [4.78, 5) is 49.1. The van der Waals surface area contributed by atoms with E-state index in [-0.39, 0.29) is 30.6 Å². The lowest BCUT2D eigenvalue weighted by Gasteiger charge is -2.09. The maximum absolute atomic E-state index is 12.6. The lowest BCUT2D eigenvalue weighted by Crippen LogP contribution is -2.26. The first-order valence-electron chi connectivity index (χ1n) is 11.0. The molecule has 0 aliphatic heterocycles. The predicted octanol–water partition coefficient (Wildman–Crippen LogP) is 2.29. The van der Waals surface area contributed by atoms with Crippen LogP contribution >= 0.6 is 0 Å². The summed E-state index contributed by atoms with van der Waals surface area (Å²) in [6.45, 7) is 2.12. The van der Waals surface area contributed by atoms with Gasteiger partial charge in [0.2, 0.25) is 0 Å². The van der Waals surface area contributed by atoms with Gasteiger partial charge in [-0.3, -0.25) is 23.5 Å². The number of hydrogen-bond donors (Lipinski definition) is 2. The van der Waals surface area contributed by atoms with Crippen molar-refractivity contribution in [3.8, 4) is 0 Å². The number of para-hydroxylation sites is 2. The minimum absolute atomic E-state index is 0.0399. The van der Waals surface area contributed by atoms with E-state index in [0.717, 1.165) is 23.9 Å². The minimum atomic E-state index is -0.581. The Balaban J connectivity index is 1.29. The maximum atomic E-state index is 12.6. The van der Waals surface area contributed by atoms with Gasteiger partial charge in [0.1, 0.15) is 0 Å². The molecule has 0 unspecified atom stereocenters. The monoisotopic (exact) mass is 450 g/mol. The highest BCUT2D eigenvalue weighted by molar-refractivity contribution is 5.98. The Morgan fingerprint density at radius 3 is 2.45 bits per heavy atom. The fourth-order valence-corrected chi connectivity index (χ4v) is 3.65. The molecule has 1 fully saturated rings. The number of aryl methyl sites for hydroxylation is 2. The van der Waals surface area contributed by atoms with Crippen molar-refractivity contribution in [2.24, 2.45) is 0 Å². The van der Waals surface area contributed by atoms with Crippen LogP contribution in [0.2, 0.25) is 0 Å². The molecule has 0 radical (unpaired) electrons. The van der Waals surface area contributed by atoms with E-state index in [1.807, 2.05) is 31.2 Å². The van der Waals surface area contributed by atoms with E-state index >= 15 is 0 Å². The van der Waals surface area contributed by atoms with Gasteiger partial charge >= 0.3 is 11.7 Å². The van der Waals surface area contributed by atoms with E-state index in [2.05, 4.69) is 10.6 Å². The summed E-state index contributed by atoms with van der Waals surface area (Å²) < 4.78 is 8.25. The molecule has 0 spiro atoms. The molecule has 1 aliphatic rings. The molecule has 172 valence electrons. The number of carbonyl (C=O) groups is 3. The van der Waals surface area contributed by atoms with Crippen LogP contribution in [0.4, 0.5) is 5.69 Å². The SMILES string of the molecule is CCn1c(=O)n(CCC(=O)OCC(=O)Nc2cccc(C(=O)NC3CC3)c2)c2ccccc21. The summed E-state index contributed by atoms with van der Waals surface area (Å²) in [5, 5.41) is 5.52. The third-order valence-corrected chi connectivity index (χ3v) is 5.47. The van der Waals surface area contributed by atoms with E-state index in [1.165, 1.54) is 0 Å². The number of fused-ring (bicyclic) bond motifs is 1. The van der Waals surface area contributed by atoms with Crippen molar-refractivity contribution in [1.82, 2.24) is 14.5 Å². The molecule has 0 atom stereocenters. The zero-order valence-electron chi connectivity index (χ0n) is 18.4. The summed E-state index contributed by atoms with van der Waals surface area (Å²) >= 11 is 0. The van der Waals surface area contributed by atoms with Crippen LogP contribution in [-0.2, 0) is 27.4 Å². The number of hydrogen-bond acceptors (Lipinski definition) is 5. The second-order valence-corrected chi connectivity index (χ2v) is 7.95.